The van der Waals surface area contributed by atoms with Gasteiger partial charge in [0.05, 0.1) is 14.2 Å². The van der Waals surface area contributed by atoms with Crippen LogP contribution in [0.4, 0.5) is 0 Å². The molecule has 0 aliphatic rings. The molecule has 0 heterocycles. The maximum Gasteiger partial charge on any atom is 0.342 e. The molecule has 6 nitrogen and oxygen atoms in total. The summed E-state index contributed by atoms with van der Waals surface area (Å²) in [6, 6.07) is 4.94. The van der Waals surface area contributed by atoms with E-state index in [1.165, 1.54) is 14.2 Å². The van der Waals surface area contributed by atoms with E-state index in [0.717, 1.165) is 12.8 Å². The van der Waals surface area contributed by atoms with Crippen LogP contribution < -0.4 is 14.8 Å². The van der Waals surface area contributed by atoms with Crippen LogP contribution in [0.2, 0.25) is 0 Å². The van der Waals surface area contributed by atoms with Gasteiger partial charge in [-0.2, -0.15) is 0 Å². The number of hydrogen-bond donors (Lipinski definition) is 1. The van der Waals surface area contributed by atoms with Gasteiger partial charge >= 0.3 is 5.97 Å². The number of hydrogen-bond acceptors (Lipinski definition) is 5. The van der Waals surface area contributed by atoms with Crippen LogP contribution in [0, 0.1) is 0 Å². The third-order valence-corrected chi connectivity index (χ3v) is 3.09. The summed E-state index contributed by atoms with van der Waals surface area (Å²) in [4.78, 5) is 23.8. The Bertz CT molecular complexity index is 515. The Kier molecular flexibility index (Phi) is 7.22. The number of carbonyl (C=O) groups is 2. The number of ether oxygens (including phenoxy) is 3. The SMILES string of the molecule is CCCC(C)NC(=O)COC(=O)c1cccc(OC)c1OC. The van der Waals surface area contributed by atoms with Gasteiger partial charge in [-0.1, -0.05) is 19.4 Å². The van der Waals surface area contributed by atoms with Gasteiger partial charge in [0.1, 0.15) is 5.56 Å². The predicted molar refractivity (Wildman–Crippen MR) is 82.3 cm³/mol. The molecule has 0 fully saturated rings. The Labute approximate surface area is 130 Å². The van der Waals surface area contributed by atoms with Gasteiger partial charge in [0.15, 0.2) is 18.1 Å². The van der Waals surface area contributed by atoms with Gasteiger partial charge < -0.3 is 19.5 Å². The van der Waals surface area contributed by atoms with Crippen LogP contribution in [-0.4, -0.2) is 38.7 Å². The molecule has 1 aromatic carbocycles. The van der Waals surface area contributed by atoms with E-state index in [9.17, 15) is 9.59 Å². The first-order valence-corrected chi connectivity index (χ1v) is 7.20. The zero-order valence-electron chi connectivity index (χ0n) is 13.5. The molecule has 122 valence electrons. The lowest BCUT2D eigenvalue weighted by Crippen LogP contribution is -2.35. The van der Waals surface area contributed by atoms with Crippen molar-refractivity contribution in [3.8, 4) is 11.5 Å². The zero-order chi connectivity index (χ0) is 16.5. The van der Waals surface area contributed by atoms with Crippen molar-refractivity contribution in [1.82, 2.24) is 5.32 Å². The number of nitrogens with one attached hydrogen (secondary N) is 1. The van der Waals surface area contributed by atoms with Gasteiger partial charge in [0.2, 0.25) is 0 Å². The van der Waals surface area contributed by atoms with Crippen LogP contribution in [0.3, 0.4) is 0 Å². The van der Waals surface area contributed by atoms with Crippen molar-refractivity contribution in [2.24, 2.45) is 0 Å². The van der Waals surface area contributed by atoms with Gasteiger partial charge in [-0.05, 0) is 25.5 Å². The lowest BCUT2D eigenvalue weighted by atomic mass is 10.2. The summed E-state index contributed by atoms with van der Waals surface area (Å²) in [6.45, 7) is 3.62. The smallest absolute Gasteiger partial charge is 0.342 e. The fraction of sp³-hybridized carbons (Fsp3) is 0.500. The van der Waals surface area contributed by atoms with Gasteiger partial charge in [-0.3, -0.25) is 4.79 Å². The molecule has 22 heavy (non-hydrogen) atoms. The van der Waals surface area contributed by atoms with E-state index in [1.807, 2.05) is 13.8 Å². The summed E-state index contributed by atoms with van der Waals surface area (Å²) < 4.78 is 15.3. The van der Waals surface area contributed by atoms with Crippen LogP contribution in [0.5, 0.6) is 11.5 Å². The van der Waals surface area contributed by atoms with Crippen molar-refractivity contribution in [1.29, 1.82) is 0 Å². The first kappa shape index (κ1) is 17.8. The molecular weight excluding hydrogens is 286 g/mol. The highest BCUT2D eigenvalue weighted by Crippen LogP contribution is 2.30. The standard InChI is InChI=1S/C16H23NO5/c1-5-7-11(2)17-14(18)10-22-16(19)12-8-6-9-13(20-3)15(12)21-4/h6,8-9,11H,5,7,10H2,1-4H3,(H,17,18). The third kappa shape index (κ3) is 4.95. The summed E-state index contributed by atoms with van der Waals surface area (Å²) >= 11 is 0. The lowest BCUT2D eigenvalue weighted by Gasteiger charge is -2.14. The molecule has 0 aromatic heterocycles. The maximum absolute atomic E-state index is 12.1. The molecule has 0 spiro atoms. The van der Waals surface area contributed by atoms with E-state index in [2.05, 4.69) is 5.32 Å². The minimum absolute atomic E-state index is 0.0579. The number of amides is 1. The van der Waals surface area contributed by atoms with Gasteiger partial charge in [0, 0.05) is 6.04 Å². The van der Waals surface area contributed by atoms with Crippen molar-refractivity contribution in [3.05, 3.63) is 23.8 Å². The fourth-order valence-electron chi connectivity index (χ4n) is 2.08. The van der Waals surface area contributed by atoms with E-state index >= 15 is 0 Å². The molecule has 0 radical (unpaired) electrons. The average molecular weight is 309 g/mol. The number of esters is 1. The number of benzene rings is 1. The molecule has 1 N–H and O–H groups in total. The van der Waals surface area contributed by atoms with Crippen LogP contribution in [0.25, 0.3) is 0 Å². The Balaban J connectivity index is 2.64. The van der Waals surface area contributed by atoms with Gasteiger partial charge in [0.25, 0.3) is 5.91 Å². The molecular formula is C16H23NO5. The van der Waals surface area contributed by atoms with Gasteiger partial charge in [-0.15, -0.1) is 0 Å². The van der Waals surface area contributed by atoms with Crippen LogP contribution in [0.15, 0.2) is 18.2 Å². The molecule has 1 atom stereocenters. The second-order valence-corrected chi connectivity index (χ2v) is 4.87. The highest BCUT2D eigenvalue weighted by atomic mass is 16.5. The van der Waals surface area contributed by atoms with E-state index in [0.29, 0.717) is 5.75 Å². The molecule has 1 unspecified atom stereocenters. The Morgan fingerprint density at radius 3 is 2.55 bits per heavy atom. The Hall–Kier alpha value is -2.24. The lowest BCUT2D eigenvalue weighted by molar-refractivity contribution is -0.124. The summed E-state index contributed by atoms with van der Waals surface area (Å²) in [5, 5.41) is 2.77. The third-order valence-electron chi connectivity index (χ3n) is 3.09. The minimum Gasteiger partial charge on any atom is -0.493 e. The first-order valence-electron chi connectivity index (χ1n) is 7.20. The molecule has 0 aliphatic heterocycles. The Morgan fingerprint density at radius 1 is 1.23 bits per heavy atom. The number of carbonyl (C=O) groups excluding carboxylic acids is 2. The van der Waals surface area contributed by atoms with Gasteiger partial charge in [-0.25, -0.2) is 4.79 Å². The number of para-hydroxylation sites is 1. The molecule has 0 saturated carbocycles. The van der Waals surface area contributed by atoms with Crippen molar-refractivity contribution in [3.63, 3.8) is 0 Å². The molecule has 0 aliphatic carbocycles. The Morgan fingerprint density at radius 2 is 1.95 bits per heavy atom. The second kappa shape index (κ2) is 8.92. The molecule has 1 rings (SSSR count). The minimum atomic E-state index is -0.631. The van der Waals surface area contributed by atoms with Crippen molar-refractivity contribution in [2.45, 2.75) is 32.7 Å². The fourth-order valence-corrected chi connectivity index (χ4v) is 2.08. The largest absolute Gasteiger partial charge is 0.493 e. The van der Waals surface area contributed by atoms with E-state index < -0.39 is 5.97 Å². The van der Waals surface area contributed by atoms with Crippen molar-refractivity contribution >= 4 is 11.9 Å². The normalized spacial score (nSPS) is 11.5. The van der Waals surface area contributed by atoms with Crippen LogP contribution in [0.1, 0.15) is 37.0 Å². The van der Waals surface area contributed by atoms with Crippen LogP contribution in [-0.2, 0) is 9.53 Å². The monoisotopic (exact) mass is 309 g/mol. The zero-order valence-corrected chi connectivity index (χ0v) is 13.5. The highest BCUT2D eigenvalue weighted by Gasteiger charge is 2.18. The maximum atomic E-state index is 12.1. The molecule has 1 aromatic rings. The first-order chi connectivity index (χ1) is 10.5. The summed E-state index contributed by atoms with van der Waals surface area (Å²) in [7, 11) is 2.92. The molecule has 1 amide bonds. The second-order valence-electron chi connectivity index (χ2n) is 4.87. The summed E-state index contributed by atoms with van der Waals surface area (Å²) in [6.07, 6.45) is 1.85. The summed E-state index contributed by atoms with van der Waals surface area (Å²) in [5.41, 5.74) is 0.219. The molecule has 0 saturated heterocycles. The molecule has 0 bridgehead atoms. The summed E-state index contributed by atoms with van der Waals surface area (Å²) in [5.74, 6) is -0.238. The topological polar surface area (TPSA) is 73.9 Å². The molecule has 6 heteroatoms. The van der Waals surface area contributed by atoms with E-state index in [4.69, 9.17) is 14.2 Å². The van der Waals surface area contributed by atoms with E-state index in [1.54, 1.807) is 18.2 Å². The van der Waals surface area contributed by atoms with Crippen molar-refractivity contribution < 1.29 is 23.8 Å². The average Bonchev–Trinajstić information content (AvgIpc) is 2.51. The quantitative estimate of drug-likeness (QED) is 0.745. The van der Waals surface area contributed by atoms with E-state index in [-0.39, 0.29) is 29.9 Å². The number of rotatable bonds is 8. The predicted octanol–water partition coefficient (Wildman–Crippen LogP) is 2.17. The number of methoxy groups -OCH3 is 2. The highest BCUT2D eigenvalue weighted by molar-refractivity contribution is 5.94. The van der Waals surface area contributed by atoms with Crippen molar-refractivity contribution in [2.75, 3.05) is 20.8 Å². The van der Waals surface area contributed by atoms with Crippen LogP contribution >= 0.6 is 0 Å².